The van der Waals surface area contributed by atoms with Gasteiger partial charge in [-0.25, -0.2) is 0 Å². The molecule has 0 bridgehead atoms. The maximum atomic E-state index is 0. The molecule has 0 fully saturated rings. The molecule has 18 N–H and O–H groups in total. The maximum absolute atomic E-state index is 0. The summed E-state index contributed by atoms with van der Waals surface area (Å²) in [6, 6.07) is 0. The fraction of sp³-hybridized carbons (Fsp3) is 0. The van der Waals surface area contributed by atoms with Crippen LogP contribution in [0.4, 0.5) is 0 Å². The molecule has 0 amide bonds. The van der Waals surface area contributed by atoms with E-state index in [1.807, 2.05) is 0 Å². The zero-order valence-corrected chi connectivity index (χ0v) is 9.68. The predicted molar refractivity (Wildman–Crippen MR) is 38.3 cm³/mol. The van der Waals surface area contributed by atoms with Crippen molar-refractivity contribution in [1.82, 2.24) is 0 Å². The molecule has 0 spiro atoms. The average molecular weight is 273 g/mol. The van der Waals surface area contributed by atoms with Gasteiger partial charge in [-0.05, 0) is 0 Å². The van der Waals surface area contributed by atoms with Crippen LogP contribution in [0, 0.1) is 0 Å². The molecular formula is H18CaCl2O9. The quantitative estimate of drug-likeness (QED) is 0.371. The SMILES string of the molecule is O.O.O.O.O.O.O.O.O.[Ca+2].[Cl-].[Cl-]. The van der Waals surface area contributed by atoms with Gasteiger partial charge in [0, 0.05) is 0 Å². The van der Waals surface area contributed by atoms with E-state index in [0.717, 1.165) is 0 Å². The minimum Gasteiger partial charge on any atom is -1.00 e. The molecular weight excluding hydrogens is 255 g/mol. The number of hydrogen-bond donors (Lipinski definition) is 0. The zero-order valence-electron chi connectivity index (χ0n) is 5.96. The van der Waals surface area contributed by atoms with E-state index in [2.05, 4.69) is 0 Å². The van der Waals surface area contributed by atoms with Gasteiger partial charge in [0.1, 0.15) is 0 Å². The molecule has 0 heterocycles. The van der Waals surface area contributed by atoms with E-state index in [-0.39, 0.29) is 112 Å². The van der Waals surface area contributed by atoms with E-state index in [0.29, 0.717) is 0 Å². The van der Waals surface area contributed by atoms with Crippen LogP contribution in [0.3, 0.4) is 0 Å². The van der Waals surface area contributed by atoms with Crippen molar-refractivity contribution in [3.05, 3.63) is 0 Å². The van der Waals surface area contributed by atoms with E-state index in [1.165, 1.54) is 0 Å². The van der Waals surface area contributed by atoms with Crippen LogP contribution < -0.4 is 24.8 Å². The first-order valence-corrected chi connectivity index (χ1v) is 0. The molecule has 0 aliphatic carbocycles. The van der Waals surface area contributed by atoms with Crippen LogP contribution in [0.1, 0.15) is 0 Å². The van der Waals surface area contributed by atoms with Gasteiger partial charge < -0.3 is 74.1 Å². The molecule has 0 saturated carbocycles. The zero-order chi connectivity index (χ0) is 0. The normalized spacial score (nSPS) is 0. The van der Waals surface area contributed by atoms with Crippen LogP contribution in [-0.4, -0.2) is 87.0 Å². The van der Waals surface area contributed by atoms with Crippen LogP contribution in [-0.2, 0) is 0 Å². The summed E-state index contributed by atoms with van der Waals surface area (Å²) >= 11 is 0. The largest absolute Gasteiger partial charge is 2.00 e. The molecule has 0 aliphatic rings. The summed E-state index contributed by atoms with van der Waals surface area (Å²) in [5.41, 5.74) is 0. The molecule has 0 aromatic rings. The monoisotopic (exact) mass is 272 g/mol. The van der Waals surface area contributed by atoms with Crippen molar-refractivity contribution in [3.63, 3.8) is 0 Å². The first kappa shape index (κ1) is 959. The Kier molecular flexibility index (Phi) is 60000. The van der Waals surface area contributed by atoms with Gasteiger partial charge in [-0.1, -0.05) is 0 Å². The van der Waals surface area contributed by atoms with Crippen LogP contribution in [0.2, 0.25) is 0 Å². The van der Waals surface area contributed by atoms with Crippen LogP contribution in [0.25, 0.3) is 0 Å². The molecule has 0 aromatic heterocycles. The number of rotatable bonds is 0. The van der Waals surface area contributed by atoms with Gasteiger partial charge in [-0.2, -0.15) is 0 Å². The molecule has 0 rings (SSSR count). The third kappa shape index (κ3) is 576. The third-order valence-electron chi connectivity index (χ3n) is 0. The number of hydrogen-bond acceptors (Lipinski definition) is 0. The van der Waals surface area contributed by atoms with Crippen molar-refractivity contribution in [1.29, 1.82) is 0 Å². The van der Waals surface area contributed by atoms with Crippen molar-refractivity contribution in [3.8, 4) is 0 Å². The fourth-order valence-electron chi connectivity index (χ4n) is 0. The molecule has 0 aliphatic heterocycles. The van der Waals surface area contributed by atoms with Crippen molar-refractivity contribution in [2.45, 2.75) is 0 Å². The molecule has 0 unspecified atom stereocenters. The Morgan fingerprint density at radius 3 is 0.250 bits per heavy atom. The summed E-state index contributed by atoms with van der Waals surface area (Å²) < 4.78 is 0. The molecule has 0 saturated heterocycles. The Hall–Kier alpha value is 1.48. The predicted octanol–water partition coefficient (Wildman–Crippen LogP) is -13.8. The third-order valence-corrected chi connectivity index (χ3v) is 0. The summed E-state index contributed by atoms with van der Waals surface area (Å²) in [6.45, 7) is 0. The van der Waals surface area contributed by atoms with Crippen molar-refractivity contribution < 1.29 is 74.1 Å². The summed E-state index contributed by atoms with van der Waals surface area (Å²) in [7, 11) is 0. The van der Waals surface area contributed by atoms with Gasteiger partial charge in [0.2, 0.25) is 0 Å². The fourth-order valence-corrected chi connectivity index (χ4v) is 0. The minimum atomic E-state index is 0. The average Bonchev–Trinajstić information content (AvgIpc) is 0. The Morgan fingerprint density at radius 1 is 0.250 bits per heavy atom. The molecule has 12 heavy (non-hydrogen) atoms. The molecule has 9 nitrogen and oxygen atoms in total. The second kappa shape index (κ2) is 751. The molecule has 0 aromatic carbocycles. The van der Waals surface area contributed by atoms with Gasteiger partial charge in [0.05, 0.1) is 0 Å². The molecule has 0 radical (unpaired) electrons. The van der Waals surface area contributed by atoms with Gasteiger partial charge in [0.25, 0.3) is 0 Å². The summed E-state index contributed by atoms with van der Waals surface area (Å²) in [4.78, 5) is 0. The Bertz CT molecular complexity index is 12.5. The van der Waals surface area contributed by atoms with Gasteiger partial charge in [0.15, 0.2) is 0 Å². The van der Waals surface area contributed by atoms with E-state index in [1.54, 1.807) is 0 Å². The van der Waals surface area contributed by atoms with Gasteiger partial charge in [-0.15, -0.1) is 0 Å². The van der Waals surface area contributed by atoms with E-state index < -0.39 is 0 Å². The summed E-state index contributed by atoms with van der Waals surface area (Å²) in [6.07, 6.45) is 0. The van der Waals surface area contributed by atoms with E-state index in [4.69, 9.17) is 0 Å². The minimum absolute atomic E-state index is 0. The molecule has 0 atom stereocenters. The smallest absolute Gasteiger partial charge is 1.00 e. The second-order valence-corrected chi connectivity index (χ2v) is 0. The maximum Gasteiger partial charge on any atom is 2.00 e. The Labute approximate surface area is 111 Å². The van der Waals surface area contributed by atoms with Crippen LogP contribution >= 0.6 is 0 Å². The Morgan fingerprint density at radius 2 is 0.250 bits per heavy atom. The molecule has 88 valence electrons. The van der Waals surface area contributed by atoms with Gasteiger partial charge in [-0.3, -0.25) is 0 Å². The van der Waals surface area contributed by atoms with Crippen LogP contribution in [0.15, 0.2) is 0 Å². The first-order chi connectivity index (χ1) is 0. The van der Waals surface area contributed by atoms with Gasteiger partial charge >= 0.3 is 37.7 Å². The Balaban J connectivity index is 0. The van der Waals surface area contributed by atoms with E-state index >= 15 is 0 Å². The van der Waals surface area contributed by atoms with Crippen molar-refractivity contribution in [2.24, 2.45) is 0 Å². The van der Waals surface area contributed by atoms with Crippen molar-refractivity contribution >= 4 is 37.7 Å². The number of halogens is 2. The first-order valence-electron chi connectivity index (χ1n) is 0. The molecule has 12 heteroatoms. The van der Waals surface area contributed by atoms with E-state index in [9.17, 15) is 0 Å². The van der Waals surface area contributed by atoms with Crippen molar-refractivity contribution in [2.75, 3.05) is 0 Å². The van der Waals surface area contributed by atoms with Crippen LogP contribution in [0.5, 0.6) is 0 Å². The topological polar surface area (TPSA) is 284 Å². The summed E-state index contributed by atoms with van der Waals surface area (Å²) in [5, 5.41) is 0. The summed E-state index contributed by atoms with van der Waals surface area (Å²) in [5.74, 6) is 0. The standard InChI is InChI=1S/Ca.2ClH.9H2O/h;2*1H;9*1H2/q+2;;;;;;;;;;;/p-2. The second-order valence-electron chi connectivity index (χ2n) is 0.